The fourth-order valence-corrected chi connectivity index (χ4v) is 4.93. The smallest absolute Gasteiger partial charge is 0.129 e. The van der Waals surface area contributed by atoms with Gasteiger partial charge < -0.3 is 0 Å². The van der Waals surface area contributed by atoms with Crippen molar-refractivity contribution < 1.29 is 8.78 Å². The van der Waals surface area contributed by atoms with Crippen molar-refractivity contribution in [2.75, 3.05) is 10.7 Å². The highest BCUT2D eigenvalue weighted by molar-refractivity contribution is 9.10. The number of alkyl halides is 2. The summed E-state index contributed by atoms with van der Waals surface area (Å²) in [5.74, 6) is -1.01. The van der Waals surface area contributed by atoms with Gasteiger partial charge in [-0.15, -0.1) is 0 Å². The SMILES string of the molecule is Fc1cccc(F)c1CC(CBr)(CBr)c1ccccc1Br. The molecule has 0 nitrogen and oxygen atoms in total. The normalized spacial score (nSPS) is 11.7. The Kier molecular flexibility index (Phi) is 5.97. The van der Waals surface area contributed by atoms with E-state index in [0.717, 1.165) is 10.0 Å². The number of hydrogen-bond donors (Lipinski definition) is 0. The van der Waals surface area contributed by atoms with Crippen LogP contribution < -0.4 is 0 Å². The van der Waals surface area contributed by atoms with Crippen molar-refractivity contribution in [3.8, 4) is 0 Å². The molecule has 2 aromatic carbocycles. The molecule has 0 aliphatic heterocycles. The number of halogens is 5. The highest BCUT2D eigenvalue weighted by atomic mass is 79.9. The summed E-state index contributed by atoms with van der Waals surface area (Å²) in [5, 5.41) is 1.17. The lowest BCUT2D eigenvalue weighted by molar-refractivity contribution is 0.490. The third kappa shape index (κ3) is 3.57. The summed E-state index contributed by atoms with van der Waals surface area (Å²) < 4.78 is 28.9. The molecule has 21 heavy (non-hydrogen) atoms. The van der Waals surface area contributed by atoms with Gasteiger partial charge in [0.05, 0.1) is 0 Å². The average molecular weight is 483 g/mol. The molecular weight excluding hydrogens is 470 g/mol. The second-order valence-corrected chi connectivity index (χ2v) is 6.88. The van der Waals surface area contributed by atoms with Gasteiger partial charge in [0.1, 0.15) is 11.6 Å². The van der Waals surface area contributed by atoms with Gasteiger partial charge in [-0.05, 0) is 30.2 Å². The van der Waals surface area contributed by atoms with Crippen LogP contribution in [0.1, 0.15) is 11.1 Å². The molecule has 0 amide bonds. The van der Waals surface area contributed by atoms with E-state index in [2.05, 4.69) is 47.8 Å². The number of rotatable bonds is 5. The third-order valence-electron chi connectivity index (χ3n) is 3.53. The van der Waals surface area contributed by atoms with Gasteiger partial charge in [0.25, 0.3) is 0 Å². The standard InChI is InChI=1S/C16H13Br3F2/c17-9-16(10-18,12-4-1-2-5-13(12)19)8-11-14(20)6-3-7-15(11)21/h1-7H,8-10H2. The summed E-state index contributed by atoms with van der Waals surface area (Å²) in [4.78, 5) is 0. The number of benzene rings is 2. The molecule has 0 radical (unpaired) electrons. The molecule has 0 fully saturated rings. The van der Waals surface area contributed by atoms with Crippen molar-refractivity contribution in [2.45, 2.75) is 11.8 Å². The molecule has 0 saturated carbocycles. The monoisotopic (exact) mass is 480 g/mol. The van der Waals surface area contributed by atoms with Gasteiger partial charge in [-0.25, -0.2) is 8.78 Å². The van der Waals surface area contributed by atoms with Crippen molar-refractivity contribution in [1.82, 2.24) is 0 Å². The molecule has 2 rings (SSSR count). The topological polar surface area (TPSA) is 0 Å². The summed E-state index contributed by atoms with van der Waals surface area (Å²) in [7, 11) is 0. The first-order valence-electron chi connectivity index (χ1n) is 6.34. The Morgan fingerprint density at radius 1 is 0.857 bits per heavy atom. The van der Waals surface area contributed by atoms with Gasteiger partial charge in [-0.2, -0.15) is 0 Å². The highest BCUT2D eigenvalue weighted by Gasteiger charge is 2.34. The van der Waals surface area contributed by atoms with Gasteiger partial charge in [0, 0.05) is 26.1 Å². The Morgan fingerprint density at radius 3 is 1.95 bits per heavy atom. The largest absolute Gasteiger partial charge is 0.207 e. The van der Waals surface area contributed by atoms with Crippen LogP contribution >= 0.6 is 47.8 Å². The van der Waals surface area contributed by atoms with E-state index in [4.69, 9.17) is 0 Å². The van der Waals surface area contributed by atoms with Crippen LogP contribution in [-0.2, 0) is 11.8 Å². The van der Waals surface area contributed by atoms with Crippen LogP contribution in [0.15, 0.2) is 46.9 Å². The first kappa shape index (κ1) is 17.1. The van der Waals surface area contributed by atoms with Crippen molar-refractivity contribution in [3.05, 3.63) is 69.7 Å². The molecular formula is C16H13Br3F2. The fraction of sp³-hybridized carbons (Fsp3) is 0.250. The zero-order valence-corrected chi connectivity index (χ0v) is 15.8. The van der Waals surface area contributed by atoms with Crippen LogP contribution in [0.25, 0.3) is 0 Å². The van der Waals surface area contributed by atoms with E-state index in [1.54, 1.807) is 0 Å². The second-order valence-electron chi connectivity index (χ2n) is 4.90. The molecule has 5 heteroatoms. The van der Waals surface area contributed by atoms with E-state index in [1.807, 2.05) is 24.3 Å². The Morgan fingerprint density at radius 2 is 1.43 bits per heavy atom. The lowest BCUT2D eigenvalue weighted by atomic mass is 9.79. The van der Waals surface area contributed by atoms with E-state index >= 15 is 0 Å². The molecule has 0 spiro atoms. The highest BCUT2D eigenvalue weighted by Crippen LogP contribution is 2.37. The maximum Gasteiger partial charge on any atom is 0.129 e. The lowest BCUT2D eigenvalue weighted by Gasteiger charge is -2.32. The van der Waals surface area contributed by atoms with Gasteiger partial charge in [-0.3, -0.25) is 0 Å². The maximum atomic E-state index is 14.0. The summed E-state index contributed by atoms with van der Waals surface area (Å²) in [6.07, 6.45) is 0.268. The first-order chi connectivity index (χ1) is 10.0. The minimum atomic E-state index is -0.506. The van der Waals surface area contributed by atoms with E-state index in [1.165, 1.54) is 18.2 Å². The van der Waals surface area contributed by atoms with Gasteiger partial charge in [-0.1, -0.05) is 72.1 Å². The molecule has 0 heterocycles. The van der Waals surface area contributed by atoms with Crippen LogP contribution in [0.3, 0.4) is 0 Å². The van der Waals surface area contributed by atoms with Gasteiger partial charge in [0.15, 0.2) is 0 Å². The maximum absolute atomic E-state index is 14.0. The Labute approximate surface area is 148 Å². The average Bonchev–Trinajstić information content (AvgIpc) is 2.49. The van der Waals surface area contributed by atoms with Crippen LogP contribution in [0, 0.1) is 11.6 Å². The number of hydrogen-bond acceptors (Lipinski definition) is 0. The van der Waals surface area contributed by atoms with Crippen molar-refractivity contribution >= 4 is 47.8 Å². The predicted octanol–water partition coefficient (Wildman–Crippen LogP) is 6.00. The quantitative estimate of drug-likeness (QED) is 0.459. The zero-order chi connectivity index (χ0) is 15.5. The van der Waals surface area contributed by atoms with Gasteiger partial charge >= 0.3 is 0 Å². The second kappa shape index (κ2) is 7.34. The van der Waals surface area contributed by atoms with E-state index in [0.29, 0.717) is 10.7 Å². The van der Waals surface area contributed by atoms with E-state index in [9.17, 15) is 8.78 Å². The summed E-state index contributed by atoms with van der Waals surface area (Å²) in [5.41, 5.74) is 0.692. The molecule has 0 unspecified atom stereocenters. The third-order valence-corrected chi connectivity index (χ3v) is 6.37. The van der Waals surface area contributed by atoms with Crippen LogP contribution in [0.4, 0.5) is 8.78 Å². The molecule has 0 bridgehead atoms. The molecule has 0 aliphatic rings. The van der Waals surface area contributed by atoms with Crippen LogP contribution in [0.2, 0.25) is 0 Å². The van der Waals surface area contributed by atoms with Crippen molar-refractivity contribution in [3.63, 3.8) is 0 Å². The summed E-state index contributed by atoms with van der Waals surface area (Å²) in [6, 6.07) is 11.7. The molecule has 0 N–H and O–H groups in total. The Bertz CT molecular complexity index is 604. The lowest BCUT2D eigenvalue weighted by Crippen LogP contribution is -2.34. The van der Waals surface area contributed by atoms with E-state index < -0.39 is 17.0 Å². The first-order valence-corrected chi connectivity index (χ1v) is 9.37. The van der Waals surface area contributed by atoms with Crippen LogP contribution in [0.5, 0.6) is 0 Å². The minimum absolute atomic E-state index is 0.118. The molecule has 112 valence electrons. The minimum Gasteiger partial charge on any atom is -0.207 e. The molecule has 0 aromatic heterocycles. The predicted molar refractivity (Wildman–Crippen MR) is 93.5 cm³/mol. The summed E-state index contributed by atoms with van der Waals surface area (Å²) in [6.45, 7) is 0. The molecule has 0 aliphatic carbocycles. The van der Waals surface area contributed by atoms with Crippen LogP contribution in [-0.4, -0.2) is 10.7 Å². The Balaban J connectivity index is 2.51. The molecule has 2 aromatic rings. The zero-order valence-electron chi connectivity index (χ0n) is 11.1. The van der Waals surface area contributed by atoms with Gasteiger partial charge in [0.2, 0.25) is 0 Å². The summed E-state index contributed by atoms with van der Waals surface area (Å²) >= 11 is 10.6. The molecule has 0 atom stereocenters. The molecule has 0 saturated heterocycles. The van der Waals surface area contributed by atoms with Crippen molar-refractivity contribution in [1.29, 1.82) is 0 Å². The van der Waals surface area contributed by atoms with Crippen molar-refractivity contribution in [2.24, 2.45) is 0 Å². The Hall–Kier alpha value is -0.260. The fourth-order valence-electron chi connectivity index (χ4n) is 2.30. The van der Waals surface area contributed by atoms with E-state index in [-0.39, 0.29) is 12.0 Å².